The Morgan fingerprint density at radius 3 is 2.81 bits per heavy atom. The average Bonchev–Trinajstić information content (AvgIpc) is 2.49. The van der Waals surface area contributed by atoms with Crippen LogP contribution in [-0.4, -0.2) is 33.7 Å². The number of aromatic nitrogens is 2. The van der Waals surface area contributed by atoms with E-state index < -0.39 is 4.92 Å². The van der Waals surface area contributed by atoms with Crippen LogP contribution in [0.4, 0.5) is 11.5 Å². The quantitative estimate of drug-likeness (QED) is 0.616. The minimum atomic E-state index is -0.601. The highest BCUT2D eigenvalue weighted by atomic mass is 16.6. The monoisotopic (exact) mass is 290 g/mol. The molecule has 8 heteroatoms. The van der Waals surface area contributed by atoms with E-state index in [2.05, 4.69) is 15.3 Å². The summed E-state index contributed by atoms with van der Waals surface area (Å²) in [6.45, 7) is -0.0476. The van der Waals surface area contributed by atoms with Crippen molar-refractivity contribution in [2.45, 2.75) is 6.42 Å². The van der Waals surface area contributed by atoms with Crippen LogP contribution < -0.4 is 10.1 Å². The Balaban J connectivity index is 2.42. The molecule has 0 atom stereocenters. The highest BCUT2D eigenvalue weighted by Gasteiger charge is 2.24. The molecule has 0 spiro atoms. The first kappa shape index (κ1) is 14.7. The number of anilines is 1. The molecule has 1 heterocycles. The van der Waals surface area contributed by atoms with Crippen molar-refractivity contribution in [3.8, 4) is 11.6 Å². The average molecular weight is 290 g/mol. The largest absolute Gasteiger partial charge is 0.433 e. The Bertz CT molecular complexity index is 648. The van der Waals surface area contributed by atoms with E-state index in [0.29, 0.717) is 12.2 Å². The lowest BCUT2D eigenvalue weighted by Gasteiger charge is -2.10. The fraction of sp³-hybridized carbons (Fsp3) is 0.231. The molecular formula is C13H14N4O4. The Labute approximate surface area is 120 Å². The van der Waals surface area contributed by atoms with Crippen LogP contribution in [0.2, 0.25) is 0 Å². The molecule has 0 bridgehead atoms. The van der Waals surface area contributed by atoms with E-state index in [-0.39, 0.29) is 24.0 Å². The third kappa shape index (κ3) is 3.23. The number of rotatable bonds is 6. The van der Waals surface area contributed by atoms with E-state index >= 15 is 0 Å². The maximum absolute atomic E-state index is 11.2. The van der Waals surface area contributed by atoms with E-state index in [1.807, 2.05) is 0 Å². The molecule has 0 aliphatic rings. The van der Waals surface area contributed by atoms with Crippen LogP contribution in [0.15, 0.2) is 30.6 Å². The minimum absolute atomic E-state index is 0.0476. The van der Waals surface area contributed by atoms with Gasteiger partial charge in [-0.1, -0.05) is 18.2 Å². The lowest BCUT2D eigenvalue weighted by Crippen LogP contribution is -2.04. The van der Waals surface area contributed by atoms with Gasteiger partial charge in [0.1, 0.15) is 12.1 Å². The van der Waals surface area contributed by atoms with Crippen molar-refractivity contribution in [1.29, 1.82) is 0 Å². The Morgan fingerprint density at radius 2 is 2.14 bits per heavy atom. The van der Waals surface area contributed by atoms with Crippen LogP contribution in [0.3, 0.4) is 0 Å². The van der Waals surface area contributed by atoms with Crippen molar-refractivity contribution >= 4 is 11.5 Å². The highest BCUT2D eigenvalue weighted by molar-refractivity contribution is 5.61. The molecule has 2 N–H and O–H groups in total. The number of ether oxygens (including phenoxy) is 1. The fourth-order valence-corrected chi connectivity index (χ4v) is 1.82. The lowest BCUT2D eigenvalue weighted by atomic mass is 10.1. The second kappa shape index (κ2) is 6.62. The summed E-state index contributed by atoms with van der Waals surface area (Å²) in [5, 5.41) is 22.8. The number of aliphatic hydroxyl groups is 1. The summed E-state index contributed by atoms with van der Waals surface area (Å²) >= 11 is 0. The van der Waals surface area contributed by atoms with E-state index in [1.54, 1.807) is 24.3 Å². The zero-order chi connectivity index (χ0) is 15.2. The molecule has 21 heavy (non-hydrogen) atoms. The normalized spacial score (nSPS) is 10.2. The smallest absolute Gasteiger partial charge is 0.373 e. The van der Waals surface area contributed by atoms with Crippen molar-refractivity contribution in [1.82, 2.24) is 9.97 Å². The molecular weight excluding hydrogens is 276 g/mol. The minimum Gasteiger partial charge on any atom is -0.433 e. The predicted molar refractivity (Wildman–Crippen MR) is 75.5 cm³/mol. The first-order valence-electron chi connectivity index (χ1n) is 6.21. The van der Waals surface area contributed by atoms with E-state index in [4.69, 9.17) is 9.84 Å². The number of para-hydroxylation sites is 1. The Kier molecular flexibility index (Phi) is 4.62. The van der Waals surface area contributed by atoms with Crippen molar-refractivity contribution in [2.75, 3.05) is 19.0 Å². The summed E-state index contributed by atoms with van der Waals surface area (Å²) in [5.41, 5.74) is 0.401. The molecule has 0 aliphatic heterocycles. The van der Waals surface area contributed by atoms with Gasteiger partial charge in [0.2, 0.25) is 5.82 Å². The molecule has 0 radical (unpaired) electrons. The number of benzene rings is 1. The van der Waals surface area contributed by atoms with Gasteiger partial charge in [-0.05, 0) is 18.1 Å². The van der Waals surface area contributed by atoms with Gasteiger partial charge >= 0.3 is 11.6 Å². The Morgan fingerprint density at radius 1 is 1.38 bits per heavy atom. The SMILES string of the molecule is CNc1ncnc(Oc2ccccc2CCO)c1[N+](=O)[O-]. The second-order valence-corrected chi connectivity index (χ2v) is 4.07. The summed E-state index contributed by atoms with van der Waals surface area (Å²) in [4.78, 5) is 18.2. The lowest BCUT2D eigenvalue weighted by molar-refractivity contribution is -0.385. The van der Waals surface area contributed by atoms with Crippen molar-refractivity contribution in [2.24, 2.45) is 0 Å². The van der Waals surface area contributed by atoms with Crippen LogP contribution in [0.1, 0.15) is 5.56 Å². The summed E-state index contributed by atoms with van der Waals surface area (Å²) < 4.78 is 5.55. The predicted octanol–water partition coefficient (Wildman–Crippen LogP) is 1.75. The topological polar surface area (TPSA) is 110 Å². The van der Waals surface area contributed by atoms with Crippen LogP contribution in [0.5, 0.6) is 11.6 Å². The zero-order valence-electron chi connectivity index (χ0n) is 11.3. The van der Waals surface area contributed by atoms with E-state index in [0.717, 1.165) is 5.56 Å². The molecule has 0 amide bonds. The van der Waals surface area contributed by atoms with Gasteiger partial charge in [-0.2, -0.15) is 4.98 Å². The van der Waals surface area contributed by atoms with Crippen molar-refractivity contribution < 1.29 is 14.8 Å². The Hall–Kier alpha value is -2.74. The van der Waals surface area contributed by atoms with Gasteiger partial charge in [0.05, 0.1) is 4.92 Å². The summed E-state index contributed by atoms with van der Waals surface area (Å²) in [6.07, 6.45) is 1.57. The van der Waals surface area contributed by atoms with Gasteiger partial charge < -0.3 is 15.2 Å². The third-order valence-electron chi connectivity index (χ3n) is 2.77. The molecule has 0 aliphatic carbocycles. The maximum Gasteiger partial charge on any atom is 0.373 e. The molecule has 2 aromatic rings. The molecule has 1 aromatic heterocycles. The summed E-state index contributed by atoms with van der Waals surface area (Å²) in [5.74, 6) is 0.338. The number of nitrogens with zero attached hydrogens (tertiary/aromatic N) is 3. The number of nitro groups is 1. The van der Waals surface area contributed by atoms with Crippen molar-refractivity contribution in [3.63, 3.8) is 0 Å². The molecule has 0 saturated heterocycles. The van der Waals surface area contributed by atoms with E-state index in [9.17, 15) is 10.1 Å². The van der Waals surface area contributed by atoms with Crippen molar-refractivity contribution in [3.05, 3.63) is 46.3 Å². The van der Waals surface area contributed by atoms with Gasteiger partial charge in [0.15, 0.2) is 0 Å². The molecule has 2 rings (SSSR count). The first-order valence-corrected chi connectivity index (χ1v) is 6.21. The zero-order valence-corrected chi connectivity index (χ0v) is 11.3. The molecule has 8 nitrogen and oxygen atoms in total. The maximum atomic E-state index is 11.2. The van der Waals surface area contributed by atoms with Crippen LogP contribution in [0.25, 0.3) is 0 Å². The van der Waals surface area contributed by atoms with Crippen LogP contribution >= 0.6 is 0 Å². The number of hydrogen-bond acceptors (Lipinski definition) is 7. The van der Waals surface area contributed by atoms with Gasteiger partial charge in [-0.3, -0.25) is 10.1 Å². The fourth-order valence-electron chi connectivity index (χ4n) is 1.82. The molecule has 1 aromatic carbocycles. The number of aliphatic hydroxyl groups excluding tert-OH is 1. The van der Waals surface area contributed by atoms with Crippen LogP contribution in [0, 0.1) is 10.1 Å². The third-order valence-corrected chi connectivity index (χ3v) is 2.77. The summed E-state index contributed by atoms with van der Waals surface area (Å²) in [6, 6.07) is 6.97. The van der Waals surface area contributed by atoms with Gasteiger partial charge in [-0.15, -0.1) is 0 Å². The molecule has 0 saturated carbocycles. The highest BCUT2D eigenvalue weighted by Crippen LogP contribution is 2.34. The van der Waals surface area contributed by atoms with Gasteiger partial charge in [-0.25, -0.2) is 4.98 Å². The molecule has 110 valence electrons. The molecule has 0 fully saturated rings. The number of hydrogen-bond donors (Lipinski definition) is 2. The van der Waals surface area contributed by atoms with Gasteiger partial charge in [0, 0.05) is 13.7 Å². The first-order chi connectivity index (χ1) is 10.2. The molecule has 0 unspecified atom stereocenters. The van der Waals surface area contributed by atoms with Gasteiger partial charge in [0.25, 0.3) is 0 Å². The van der Waals surface area contributed by atoms with Crippen LogP contribution in [-0.2, 0) is 6.42 Å². The summed E-state index contributed by atoms with van der Waals surface area (Å²) in [7, 11) is 1.53. The standard InChI is InChI=1S/C13H14N4O4/c1-14-12-11(17(19)20)13(16-8-15-12)21-10-5-3-2-4-9(10)6-7-18/h2-5,8,18H,6-7H2,1H3,(H,14,15,16). The van der Waals surface area contributed by atoms with E-state index in [1.165, 1.54) is 13.4 Å². The second-order valence-electron chi connectivity index (χ2n) is 4.07. The number of nitrogens with one attached hydrogen (secondary N) is 1.